The number of hydrogen-bond acceptors (Lipinski definition) is 4. The van der Waals surface area contributed by atoms with Gasteiger partial charge in [-0.3, -0.25) is 14.6 Å². The van der Waals surface area contributed by atoms with E-state index in [1.165, 1.54) is 0 Å². The Bertz CT molecular complexity index is 736. The first-order valence-electron chi connectivity index (χ1n) is 7.80. The van der Waals surface area contributed by atoms with E-state index in [1.807, 2.05) is 36.4 Å². The molecule has 1 aromatic heterocycles. The van der Waals surface area contributed by atoms with Gasteiger partial charge in [0.1, 0.15) is 0 Å². The Morgan fingerprint density at radius 3 is 2.79 bits per heavy atom. The summed E-state index contributed by atoms with van der Waals surface area (Å²) in [5, 5.41) is 0. The number of thioether (sulfide) groups is 1. The molecule has 2 heterocycles. The second kappa shape index (κ2) is 7.49. The normalized spacial score (nSPS) is 13.5. The average molecular weight is 341 g/mol. The maximum absolute atomic E-state index is 12.4. The van der Waals surface area contributed by atoms with Crippen LogP contribution in [0.15, 0.2) is 53.7 Å². The van der Waals surface area contributed by atoms with Crippen molar-refractivity contribution in [2.75, 3.05) is 24.2 Å². The molecule has 0 atom stereocenters. The number of pyridine rings is 1. The van der Waals surface area contributed by atoms with Gasteiger partial charge in [-0.25, -0.2) is 0 Å². The fourth-order valence-electron chi connectivity index (χ4n) is 2.65. The third-order valence-corrected chi connectivity index (χ3v) is 5.00. The number of anilines is 1. The van der Waals surface area contributed by atoms with Gasteiger partial charge in [0.15, 0.2) is 0 Å². The SMILES string of the molecule is CN(Cc1ccncc1)C(=O)CCN1C(=O)CSc2ccccc21. The number of hydrogen-bond donors (Lipinski definition) is 0. The summed E-state index contributed by atoms with van der Waals surface area (Å²) in [4.78, 5) is 33.1. The van der Waals surface area contributed by atoms with E-state index in [4.69, 9.17) is 0 Å². The van der Waals surface area contributed by atoms with Crippen LogP contribution in [0.4, 0.5) is 5.69 Å². The highest BCUT2D eigenvalue weighted by atomic mass is 32.2. The maximum atomic E-state index is 12.4. The fourth-order valence-corrected chi connectivity index (χ4v) is 3.58. The largest absolute Gasteiger partial charge is 0.341 e. The molecule has 0 unspecified atom stereocenters. The summed E-state index contributed by atoms with van der Waals surface area (Å²) >= 11 is 1.55. The first-order chi connectivity index (χ1) is 11.6. The predicted molar refractivity (Wildman–Crippen MR) is 94.8 cm³/mol. The minimum atomic E-state index is 0.0234. The highest BCUT2D eigenvalue weighted by molar-refractivity contribution is 8.00. The zero-order chi connectivity index (χ0) is 16.9. The van der Waals surface area contributed by atoms with Gasteiger partial charge in [0.05, 0.1) is 11.4 Å². The summed E-state index contributed by atoms with van der Waals surface area (Å²) in [5.74, 6) is 0.511. The number of benzene rings is 1. The lowest BCUT2D eigenvalue weighted by atomic mass is 10.2. The van der Waals surface area contributed by atoms with Crippen LogP contribution in [-0.2, 0) is 16.1 Å². The van der Waals surface area contributed by atoms with Crippen LogP contribution in [0.25, 0.3) is 0 Å². The van der Waals surface area contributed by atoms with Crippen LogP contribution in [-0.4, -0.2) is 41.0 Å². The van der Waals surface area contributed by atoms with Crippen molar-refractivity contribution in [2.45, 2.75) is 17.9 Å². The van der Waals surface area contributed by atoms with E-state index < -0.39 is 0 Å². The number of nitrogens with zero attached hydrogens (tertiary/aromatic N) is 3. The lowest BCUT2D eigenvalue weighted by Crippen LogP contribution is -2.38. The molecule has 0 saturated heterocycles. The zero-order valence-corrected chi connectivity index (χ0v) is 14.3. The van der Waals surface area contributed by atoms with Gasteiger partial charge in [0.2, 0.25) is 11.8 Å². The third kappa shape index (κ3) is 3.76. The predicted octanol–water partition coefficient (Wildman–Crippen LogP) is 2.57. The molecule has 1 aromatic carbocycles. The molecule has 2 amide bonds. The van der Waals surface area contributed by atoms with Crippen molar-refractivity contribution in [2.24, 2.45) is 0 Å². The van der Waals surface area contributed by atoms with Gasteiger partial charge in [-0.15, -0.1) is 11.8 Å². The minimum Gasteiger partial charge on any atom is -0.341 e. The van der Waals surface area contributed by atoms with Gasteiger partial charge < -0.3 is 9.80 Å². The van der Waals surface area contributed by atoms with Crippen molar-refractivity contribution >= 4 is 29.3 Å². The molecule has 0 radical (unpaired) electrons. The van der Waals surface area contributed by atoms with E-state index in [0.29, 0.717) is 25.3 Å². The first-order valence-corrected chi connectivity index (χ1v) is 8.79. The molecular weight excluding hydrogens is 322 g/mol. The monoisotopic (exact) mass is 341 g/mol. The van der Waals surface area contributed by atoms with Crippen LogP contribution in [0.5, 0.6) is 0 Å². The Hall–Kier alpha value is -2.34. The van der Waals surface area contributed by atoms with Gasteiger partial charge in [0.25, 0.3) is 0 Å². The van der Waals surface area contributed by atoms with Crippen molar-refractivity contribution in [1.82, 2.24) is 9.88 Å². The van der Waals surface area contributed by atoms with E-state index in [2.05, 4.69) is 4.98 Å². The Labute approximate surface area is 145 Å². The Kier molecular flexibility index (Phi) is 5.15. The average Bonchev–Trinajstić information content (AvgIpc) is 2.61. The van der Waals surface area contributed by atoms with Gasteiger partial charge in [-0.2, -0.15) is 0 Å². The van der Waals surface area contributed by atoms with E-state index in [1.54, 1.807) is 41.0 Å². The molecule has 1 aliphatic rings. The molecule has 0 N–H and O–H groups in total. The van der Waals surface area contributed by atoms with Crippen LogP contribution in [0.3, 0.4) is 0 Å². The summed E-state index contributed by atoms with van der Waals surface area (Å²) in [5.41, 5.74) is 1.94. The molecule has 0 aliphatic carbocycles. The van der Waals surface area contributed by atoms with Crippen LogP contribution < -0.4 is 4.90 Å². The van der Waals surface area contributed by atoms with Gasteiger partial charge in [-0.05, 0) is 29.8 Å². The van der Waals surface area contributed by atoms with Crippen molar-refractivity contribution in [3.05, 3.63) is 54.4 Å². The molecule has 124 valence electrons. The van der Waals surface area contributed by atoms with Crippen LogP contribution >= 0.6 is 11.8 Å². The molecule has 2 aromatic rings. The van der Waals surface area contributed by atoms with Gasteiger partial charge in [-0.1, -0.05) is 12.1 Å². The summed E-state index contributed by atoms with van der Waals surface area (Å²) in [7, 11) is 1.78. The molecule has 6 heteroatoms. The van der Waals surface area contributed by atoms with Crippen molar-refractivity contribution < 1.29 is 9.59 Å². The maximum Gasteiger partial charge on any atom is 0.237 e. The number of fused-ring (bicyclic) bond motifs is 1. The molecule has 3 rings (SSSR count). The Morgan fingerprint density at radius 2 is 2.00 bits per heavy atom. The number of rotatable bonds is 5. The molecular formula is C18H19N3O2S. The summed E-state index contributed by atoms with van der Waals surface area (Å²) in [6.07, 6.45) is 3.75. The number of aromatic nitrogens is 1. The molecule has 0 saturated carbocycles. The van der Waals surface area contributed by atoms with Crippen LogP contribution in [0.2, 0.25) is 0 Å². The van der Waals surface area contributed by atoms with Gasteiger partial charge in [0, 0.05) is 43.8 Å². The first kappa shape index (κ1) is 16.5. The molecule has 0 fully saturated rings. The minimum absolute atomic E-state index is 0.0234. The Balaban J connectivity index is 1.61. The highest BCUT2D eigenvalue weighted by Crippen LogP contribution is 2.34. The summed E-state index contributed by atoms with van der Waals surface area (Å²) < 4.78 is 0. The van der Waals surface area contributed by atoms with Crippen molar-refractivity contribution in [1.29, 1.82) is 0 Å². The number of carbonyl (C=O) groups is 2. The topological polar surface area (TPSA) is 53.5 Å². The number of carbonyl (C=O) groups excluding carboxylic acids is 2. The molecule has 0 bridgehead atoms. The van der Waals surface area contributed by atoms with Crippen molar-refractivity contribution in [3.63, 3.8) is 0 Å². The second-order valence-electron chi connectivity index (χ2n) is 5.66. The van der Waals surface area contributed by atoms with Gasteiger partial charge >= 0.3 is 0 Å². The summed E-state index contributed by atoms with van der Waals surface area (Å²) in [6.45, 7) is 0.956. The lowest BCUT2D eigenvalue weighted by molar-refractivity contribution is -0.130. The lowest BCUT2D eigenvalue weighted by Gasteiger charge is -2.29. The highest BCUT2D eigenvalue weighted by Gasteiger charge is 2.25. The van der Waals surface area contributed by atoms with Crippen LogP contribution in [0.1, 0.15) is 12.0 Å². The molecule has 0 spiro atoms. The van der Waals surface area contributed by atoms with Crippen molar-refractivity contribution in [3.8, 4) is 0 Å². The van der Waals surface area contributed by atoms with E-state index in [9.17, 15) is 9.59 Å². The summed E-state index contributed by atoms with van der Waals surface area (Å²) in [6, 6.07) is 11.6. The molecule has 24 heavy (non-hydrogen) atoms. The molecule has 1 aliphatic heterocycles. The fraction of sp³-hybridized carbons (Fsp3) is 0.278. The number of amides is 2. The number of para-hydroxylation sites is 1. The smallest absolute Gasteiger partial charge is 0.237 e. The third-order valence-electron chi connectivity index (χ3n) is 3.95. The van der Waals surface area contributed by atoms with E-state index in [0.717, 1.165) is 16.1 Å². The van der Waals surface area contributed by atoms with E-state index >= 15 is 0 Å². The zero-order valence-electron chi connectivity index (χ0n) is 13.5. The quantitative estimate of drug-likeness (QED) is 0.839. The van der Waals surface area contributed by atoms with Crippen LogP contribution in [0, 0.1) is 0 Å². The molecule has 5 nitrogen and oxygen atoms in total. The van der Waals surface area contributed by atoms with E-state index in [-0.39, 0.29) is 11.8 Å². The Morgan fingerprint density at radius 1 is 1.25 bits per heavy atom. The second-order valence-corrected chi connectivity index (χ2v) is 6.67. The standard InChI is InChI=1S/C18H19N3O2S/c1-20(12-14-6-9-19-10-7-14)17(22)8-11-21-15-4-2-3-5-16(15)24-13-18(21)23/h2-7,9-10H,8,11-13H2,1H3.